The summed E-state index contributed by atoms with van der Waals surface area (Å²) in [6.45, 7) is 2.73. The van der Waals surface area contributed by atoms with E-state index in [1.165, 1.54) is 24.3 Å². The molecule has 33 heavy (non-hydrogen) atoms. The SMILES string of the molecule is CN(Cc1ccco1)C(=O)[C@@H](C1CCCC1)N1CCN(C(=O)c2ccc([N+](=O)[O-])cc2)CC1. The Kier molecular flexibility index (Phi) is 7.08. The van der Waals surface area contributed by atoms with Gasteiger partial charge in [0.1, 0.15) is 5.76 Å². The smallest absolute Gasteiger partial charge is 0.269 e. The van der Waals surface area contributed by atoms with Crippen molar-refractivity contribution in [3.8, 4) is 0 Å². The maximum Gasteiger partial charge on any atom is 0.269 e. The number of nitrogens with zero attached hydrogens (tertiary/aromatic N) is 4. The Morgan fingerprint density at radius 3 is 2.36 bits per heavy atom. The lowest BCUT2D eigenvalue weighted by atomic mass is 9.94. The Morgan fingerprint density at radius 1 is 1.12 bits per heavy atom. The zero-order valence-corrected chi connectivity index (χ0v) is 18.9. The molecule has 1 aromatic heterocycles. The zero-order valence-electron chi connectivity index (χ0n) is 18.9. The molecule has 1 aromatic carbocycles. The van der Waals surface area contributed by atoms with E-state index in [0.29, 0.717) is 44.2 Å². The van der Waals surface area contributed by atoms with Crippen LogP contribution in [0.5, 0.6) is 0 Å². The highest BCUT2D eigenvalue weighted by Crippen LogP contribution is 2.32. The Bertz CT molecular complexity index is 961. The molecule has 0 N–H and O–H groups in total. The third kappa shape index (κ3) is 5.24. The maximum absolute atomic E-state index is 13.5. The summed E-state index contributed by atoms with van der Waals surface area (Å²) in [4.78, 5) is 42.5. The van der Waals surface area contributed by atoms with Crippen LogP contribution < -0.4 is 0 Å². The fourth-order valence-electron chi connectivity index (χ4n) is 4.98. The highest BCUT2D eigenvalue weighted by atomic mass is 16.6. The largest absolute Gasteiger partial charge is 0.467 e. The van der Waals surface area contributed by atoms with E-state index in [4.69, 9.17) is 4.42 Å². The van der Waals surface area contributed by atoms with Crippen molar-refractivity contribution in [3.05, 3.63) is 64.1 Å². The van der Waals surface area contributed by atoms with Gasteiger partial charge < -0.3 is 14.2 Å². The summed E-state index contributed by atoms with van der Waals surface area (Å²) in [5.41, 5.74) is 0.406. The third-order valence-corrected chi connectivity index (χ3v) is 6.77. The van der Waals surface area contributed by atoms with Crippen LogP contribution in [0.3, 0.4) is 0 Å². The van der Waals surface area contributed by atoms with Crippen LogP contribution in [0.1, 0.15) is 41.8 Å². The van der Waals surface area contributed by atoms with Crippen molar-refractivity contribution in [1.82, 2.24) is 14.7 Å². The van der Waals surface area contributed by atoms with Crippen LogP contribution in [0, 0.1) is 16.0 Å². The molecule has 1 saturated carbocycles. The minimum Gasteiger partial charge on any atom is -0.467 e. The quantitative estimate of drug-likeness (QED) is 0.471. The molecular formula is C24H30N4O5. The number of furan rings is 1. The molecule has 1 aliphatic carbocycles. The number of piperazine rings is 1. The second kappa shape index (κ2) is 10.2. The molecule has 2 fully saturated rings. The summed E-state index contributed by atoms with van der Waals surface area (Å²) >= 11 is 0. The molecule has 0 unspecified atom stereocenters. The van der Waals surface area contributed by atoms with Gasteiger partial charge in [-0.05, 0) is 43.0 Å². The second-order valence-corrected chi connectivity index (χ2v) is 8.90. The van der Waals surface area contributed by atoms with E-state index in [1.807, 2.05) is 19.2 Å². The van der Waals surface area contributed by atoms with Crippen molar-refractivity contribution < 1.29 is 18.9 Å². The number of carbonyl (C=O) groups excluding carboxylic acids is 2. The van der Waals surface area contributed by atoms with Gasteiger partial charge in [-0.25, -0.2) is 0 Å². The highest BCUT2D eigenvalue weighted by Gasteiger charge is 2.38. The molecule has 176 valence electrons. The molecule has 1 atom stereocenters. The minimum absolute atomic E-state index is 0.0343. The molecule has 2 aromatic rings. The van der Waals surface area contributed by atoms with Crippen LogP contribution >= 0.6 is 0 Å². The number of benzene rings is 1. The van der Waals surface area contributed by atoms with Gasteiger partial charge in [0.05, 0.1) is 23.8 Å². The first-order valence-corrected chi connectivity index (χ1v) is 11.5. The first-order chi connectivity index (χ1) is 15.9. The second-order valence-electron chi connectivity index (χ2n) is 8.90. The summed E-state index contributed by atoms with van der Waals surface area (Å²) in [6, 6.07) is 9.22. The van der Waals surface area contributed by atoms with Crippen LogP contribution in [0.15, 0.2) is 47.1 Å². The zero-order chi connectivity index (χ0) is 23.4. The van der Waals surface area contributed by atoms with Crippen LogP contribution in [-0.2, 0) is 11.3 Å². The van der Waals surface area contributed by atoms with Gasteiger partial charge >= 0.3 is 0 Å². The molecule has 0 radical (unpaired) electrons. The number of rotatable bonds is 7. The van der Waals surface area contributed by atoms with E-state index in [9.17, 15) is 19.7 Å². The molecular weight excluding hydrogens is 424 g/mol. The van der Waals surface area contributed by atoms with Gasteiger partial charge in [-0.15, -0.1) is 0 Å². The first kappa shape index (κ1) is 23.0. The van der Waals surface area contributed by atoms with Gasteiger partial charge in [-0.3, -0.25) is 24.6 Å². The Balaban J connectivity index is 1.40. The highest BCUT2D eigenvalue weighted by molar-refractivity contribution is 5.94. The van der Waals surface area contributed by atoms with Crippen LogP contribution in [0.4, 0.5) is 5.69 Å². The predicted octanol–water partition coefficient (Wildman–Crippen LogP) is 3.16. The van der Waals surface area contributed by atoms with Gasteiger partial charge in [0.2, 0.25) is 5.91 Å². The molecule has 2 aliphatic rings. The molecule has 0 bridgehead atoms. The lowest BCUT2D eigenvalue weighted by molar-refractivity contribution is -0.384. The number of hydrogen-bond acceptors (Lipinski definition) is 6. The number of likely N-dealkylation sites (N-methyl/N-ethyl adjacent to an activating group) is 1. The number of amides is 2. The third-order valence-electron chi connectivity index (χ3n) is 6.77. The van der Waals surface area contributed by atoms with E-state index < -0.39 is 4.92 Å². The minimum atomic E-state index is -0.476. The Labute approximate surface area is 193 Å². The van der Waals surface area contributed by atoms with E-state index in [0.717, 1.165) is 31.4 Å². The monoisotopic (exact) mass is 454 g/mol. The fraction of sp³-hybridized carbons (Fsp3) is 0.500. The van der Waals surface area contributed by atoms with Crippen molar-refractivity contribution in [1.29, 1.82) is 0 Å². The lowest BCUT2D eigenvalue weighted by Crippen LogP contribution is -2.58. The van der Waals surface area contributed by atoms with E-state index in [-0.39, 0.29) is 23.5 Å². The first-order valence-electron chi connectivity index (χ1n) is 11.5. The van der Waals surface area contributed by atoms with Crippen LogP contribution in [-0.4, -0.2) is 70.7 Å². The topological polar surface area (TPSA) is 100 Å². The summed E-state index contributed by atoms with van der Waals surface area (Å²) in [6.07, 6.45) is 6.01. The summed E-state index contributed by atoms with van der Waals surface area (Å²) in [5.74, 6) is 1.06. The van der Waals surface area contributed by atoms with Crippen LogP contribution in [0.25, 0.3) is 0 Å². The van der Waals surface area contributed by atoms with E-state index in [2.05, 4.69) is 4.90 Å². The number of nitro groups is 1. The average Bonchev–Trinajstić information content (AvgIpc) is 3.54. The fourth-order valence-corrected chi connectivity index (χ4v) is 4.98. The standard InChI is InChI=1S/C24H30N4O5/c1-25(17-21-7-4-16-33-21)24(30)22(18-5-2-3-6-18)26-12-14-27(15-13-26)23(29)19-8-10-20(11-9-19)28(31)32/h4,7-11,16,18,22H,2-3,5-6,12-15,17H2,1H3/t22-/m1/s1. The van der Waals surface area contributed by atoms with Crippen molar-refractivity contribution in [2.75, 3.05) is 33.2 Å². The number of carbonyl (C=O) groups is 2. The molecule has 2 amide bonds. The normalized spacial score (nSPS) is 18.3. The van der Waals surface area contributed by atoms with Gasteiger partial charge in [0.15, 0.2) is 0 Å². The van der Waals surface area contributed by atoms with E-state index in [1.54, 1.807) is 16.1 Å². The van der Waals surface area contributed by atoms with Crippen LogP contribution in [0.2, 0.25) is 0 Å². The number of hydrogen-bond donors (Lipinski definition) is 0. The molecule has 2 heterocycles. The van der Waals surface area contributed by atoms with E-state index >= 15 is 0 Å². The number of nitro benzene ring substituents is 1. The van der Waals surface area contributed by atoms with Gasteiger partial charge in [-0.2, -0.15) is 0 Å². The molecule has 0 spiro atoms. The van der Waals surface area contributed by atoms with Gasteiger partial charge in [0.25, 0.3) is 11.6 Å². The Morgan fingerprint density at radius 2 is 1.79 bits per heavy atom. The maximum atomic E-state index is 13.5. The molecule has 9 heteroatoms. The van der Waals surface area contributed by atoms with Crippen molar-refractivity contribution in [2.24, 2.45) is 5.92 Å². The van der Waals surface area contributed by atoms with Gasteiger partial charge in [-0.1, -0.05) is 12.8 Å². The summed E-state index contributed by atoms with van der Waals surface area (Å²) in [7, 11) is 1.82. The summed E-state index contributed by atoms with van der Waals surface area (Å²) < 4.78 is 5.42. The summed E-state index contributed by atoms with van der Waals surface area (Å²) in [5, 5.41) is 10.9. The average molecular weight is 455 g/mol. The predicted molar refractivity (Wildman–Crippen MR) is 122 cm³/mol. The van der Waals surface area contributed by atoms with Crippen molar-refractivity contribution >= 4 is 17.5 Å². The lowest BCUT2D eigenvalue weighted by Gasteiger charge is -2.42. The molecule has 1 saturated heterocycles. The molecule has 4 rings (SSSR count). The molecule has 1 aliphatic heterocycles. The number of non-ortho nitro benzene ring substituents is 1. The van der Waals surface area contributed by atoms with Crippen molar-refractivity contribution in [3.63, 3.8) is 0 Å². The van der Waals surface area contributed by atoms with Crippen molar-refractivity contribution in [2.45, 2.75) is 38.3 Å². The van der Waals surface area contributed by atoms with Gasteiger partial charge in [0, 0.05) is 50.9 Å². The molecule has 9 nitrogen and oxygen atoms in total. The Hall–Kier alpha value is -3.20.